The predicted octanol–water partition coefficient (Wildman–Crippen LogP) is 3.84. The molecule has 4 aliphatic carbocycles. The van der Waals surface area contributed by atoms with E-state index in [2.05, 4.69) is 10.6 Å². The van der Waals surface area contributed by atoms with Crippen molar-refractivity contribution in [3.63, 3.8) is 0 Å². The van der Waals surface area contributed by atoms with Gasteiger partial charge in [0.05, 0.1) is 5.41 Å². The zero-order chi connectivity index (χ0) is 17.7. The molecule has 4 bridgehead atoms. The average molecular weight is 361 g/mol. The van der Waals surface area contributed by atoms with Gasteiger partial charge in [0.2, 0.25) is 11.8 Å². The van der Waals surface area contributed by atoms with E-state index in [1.807, 2.05) is 24.3 Å². The van der Waals surface area contributed by atoms with Crippen molar-refractivity contribution in [2.24, 2.45) is 17.3 Å². The van der Waals surface area contributed by atoms with Crippen molar-refractivity contribution in [1.82, 2.24) is 5.32 Å². The van der Waals surface area contributed by atoms with E-state index < -0.39 is 0 Å². The van der Waals surface area contributed by atoms with Gasteiger partial charge in [-0.15, -0.1) is 11.6 Å². The van der Waals surface area contributed by atoms with Crippen LogP contribution in [0.3, 0.4) is 0 Å². The van der Waals surface area contributed by atoms with E-state index >= 15 is 0 Å². The molecular formula is C20H25ClN2O2. The molecule has 0 saturated heterocycles. The molecule has 1 aromatic carbocycles. The molecule has 0 spiro atoms. The zero-order valence-electron chi connectivity index (χ0n) is 14.6. The Hall–Kier alpha value is -1.55. The molecule has 0 radical (unpaired) electrons. The first-order chi connectivity index (χ1) is 11.9. The number of benzene rings is 1. The monoisotopic (exact) mass is 360 g/mol. The highest BCUT2D eigenvalue weighted by atomic mass is 35.5. The van der Waals surface area contributed by atoms with Gasteiger partial charge in [0.15, 0.2) is 0 Å². The fraction of sp³-hybridized carbons (Fsp3) is 0.600. The molecule has 134 valence electrons. The van der Waals surface area contributed by atoms with Gasteiger partial charge in [0.1, 0.15) is 0 Å². The largest absolute Gasteiger partial charge is 0.352 e. The van der Waals surface area contributed by atoms with Crippen LogP contribution in [-0.4, -0.2) is 16.7 Å². The van der Waals surface area contributed by atoms with E-state index in [1.54, 1.807) is 0 Å². The van der Waals surface area contributed by atoms with Gasteiger partial charge in [-0.05, 0) is 68.1 Å². The van der Waals surface area contributed by atoms with E-state index in [9.17, 15) is 9.59 Å². The van der Waals surface area contributed by atoms with Gasteiger partial charge in [-0.1, -0.05) is 12.1 Å². The Balaban J connectivity index is 1.40. The van der Waals surface area contributed by atoms with Gasteiger partial charge >= 0.3 is 0 Å². The third-order valence-electron chi connectivity index (χ3n) is 6.20. The molecule has 4 aliphatic rings. The number of hydrogen-bond donors (Lipinski definition) is 2. The maximum atomic E-state index is 13.0. The lowest BCUT2D eigenvalue weighted by Gasteiger charge is -2.59. The molecule has 2 amide bonds. The van der Waals surface area contributed by atoms with Gasteiger partial charge in [-0.2, -0.15) is 0 Å². The Morgan fingerprint density at radius 2 is 1.76 bits per heavy atom. The summed E-state index contributed by atoms with van der Waals surface area (Å²) in [7, 11) is 0. The number of rotatable bonds is 4. The highest BCUT2D eigenvalue weighted by Gasteiger charge is 2.59. The molecule has 4 saturated carbocycles. The predicted molar refractivity (Wildman–Crippen MR) is 98.3 cm³/mol. The molecule has 0 heterocycles. The highest BCUT2D eigenvalue weighted by molar-refractivity contribution is 6.24. The minimum absolute atomic E-state index is 0.0853. The molecule has 4 fully saturated rings. The number of amides is 2. The van der Waals surface area contributed by atoms with Crippen LogP contribution in [0.25, 0.3) is 0 Å². The fourth-order valence-corrected chi connectivity index (χ4v) is 6.39. The molecule has 0 aromatic heterocycles. The van der Waals surface area contributed by atoms with Crippen molar-refractivity contribution < 1.29 is 9.59 Å². The Labute approximate surface area is 153 Å². The van der Waals surface area contributed by atoms with Crippen LogP contribution in [0.2, 0.25) is 0 Å². The van der Waals surface area contributed by atoms with E-state index in [-0.39, 0.29) is 22.1 Å². The summed E-state index contributed by atoms with van der Waals surface area (Å²) in [5, 5.41) is 5.90. The molecule has 25 heavy (non-hydrogen) atoms. The van der Waals surface area contributed by atoms with Gasteiger partial charge in [-0.25, -0.2) is 0 Å². The molecule has 4 nitrogen and oxygen atoms in total. The van der Waals surface area contributed by atoms with E-state index in [0.717, 1.165) is 43.4 Å². The summed E-state index contributed by atoms with van der Waals surface area (Å²) in [4.78, 5) is 23.9. The second-order valence-corrected chi connectivity index (χ2v) is 9.25. The van der Waals surface area contributed by atoms with Crippen molar-refractivity contribution in [2.45, 2.75) is 56.9 Å². The number of carbonyl (C=O) groups is 2. The maximum Gasteiger partial charge on any atom is 0.226 e. The number of carbonyl (C=O) groups excluding carboxylic acids is 2. The van der Waals surface area contributed by atoms with Crippen LogP contribution in [-0.2, 0) is 16.1 Å². The lowest BCUT2D eigenvalue weighted by atomic mass is 9.49. The number of nitrogens with one attached hydrogen (secondary N) is 2. The summed E-state index contributed by atoms with van der Waals surface area (Å²) in [6.07, 6.45) is 6.28. The Bertz CT molecular complexity index is 686. The van der Waals surface area contributed by atoms with Gasteiger partial charge < -0.3 is 10.6 Å². The lowest BCUT2D eigenvalue weighted by Crippen LogP contribution is -2.58. The van der Waals surface area contributed by atoms with Crippen LogP contribution in [0.15, 0.2) is 24.3 Å². The average Bonchev–Trinajstić information content (AvgIpc) is 2.51. The number of alkyl halides is 1. The zero-order valence-corrected chi connectivity index (χ0v) is 15.4. The number of anilines is 1. The third kappa shape index (κ3) is 3.29. The second kappa shape index (κ2) is 6.01. The summed E-state index contributed by atoms with van der Waals surface area (Å²) in [5.41, 5.74) is 1.56. The fourth-order valence-electron chi connectivity index (χ4n) is 5.70. The van der Waals surface area contributed by atoms with Crippen molar-refractivity contribution >= 4 is 29.1 Å². The Morgan fingerprint density at radius 3 is 2.32 bits per heavy atom. The van der Waals surface area contributed by atoms with E-state index in [1.165, 1.54) is 13.3 Å². The first-order valence-corrected chi connectivity index (χ1v) is 9.57. The molecule has 2 N–H and O–H groups in total. The SMILES string of the molecule is CC(=O)Nc1ccc(CNC(=O)C23C[C@H]4C[C@@H](CC(Cl)(C4)C2)C3)cc1. The Morgan fingerprint density at radius 1 is 1.12 bits per heavy atom. The molecule has 0 unspecified atom stereocenters. The molecule has 2 atom stereocenters. The summed E-state index contributed by atoms with van der Waals surface area (Å²) in [6.45, 7) is 2.01. The molecule has 5 heteroatoms. The first kappa shape index (κ1) is 16.9. The minimum atomic E-state index is -0.248. The first-order valence-electron chi connectivity index (χ1n) is 9.20. The highest BCUT2D eigenvalue weighted by Crippen LogP contribution is 2.63. The van der Waals surface area contributed by atoms with Crippen LogP contribution in [0, 0.1) is 17.3 Å². The minimum Gasteiger partial charge on any atom is -0.352 e. The summed E-state index contributed by atoms with van der Waals surface area (Å²) in [6, 6.07) is 7.60. The summed E-state index contributed by atoms with van der Waals surface area (Å²) < 4.78 is 0. The topological polar surface area (TPSA) is 58.2 Å². The van der Waals surface area contributed by atoms with Crippen molar-refractivity contribution in [1.29, 1.82) is 0 Å². The van der Waals surface area contributed by atoms with E-state index in [4.69, 9.17) is 11.6 Å². The van der Waals surface area contributed by atoms with Gasteiger partial charge in [0.25, 0.3) is 0 Å². The van der Waals surface area contributed by atoms with Crippen molar-refractivity contribution in [3.8, 4) is 0 Å². The van der Waals surface area contributed by atoms with Crippen LogP contribution in [0.1, 0.15) is 51.0 Å². The van der Waals surface area contributed by atoms with Gasteiger partial charge in [-0.3, -0.25) is 9.59 Å². The molecular weight excluding hydrogens is 336 g/mol. The standard InChI is InChI=1S/C20H25ClN2O2/c1-13(24)23-17-4-2-14(3-5-17)11-22-18(25)19-7-15-6-16(8-19)10-20(21,9-15)12-19/h2-5,15-16H,6-12H2,1H3,(H,22,25)(H,23,24)/t15-,16-,19?,20?/m1/s1. The summed E-state index contributed by atoms with van der Waals surface area (Å²) >= 11 is 6.83. The smallest absolute Gasteiger partial charge is 0.226 e. The van der Waals surface area contributed by atoms with Crippen molar-refractivity contribution in [2.75, 3.05) is 5.32 Å². The molecule has 1 aromatic rings. The Kier molecular flexibility index (Phi) is 4.06. The van der Waals surface area contributed by atoms with Crippen LogP contribution >= 0.6 is 11.6 Å². The normalized spacial score (nSPS) is 35.4. The maximum absolute atomic E-state index is 13.0. The van der Waals surface area contributed by atoms with Crippen LogP contribution < -0.4 is 10.6 Å². The second-order valence-electron chi connectivity index (χ2n) is 8.45. The van der Waals surface area contributed by atoms with Gasteiger partial charge in [0, 0.05) is 24.0 Å². The number of hydrogen-bond acceptors (Lipinski definition) is 2. The summed E-state index contributed by atoms with van der Waals surface area (Å²) in [5.74, 6) is 1.35. The number of halogens is 1. The molecule has 5 rings (SSSR count). The lowest BCUT2D eigenvalue weighted by molar-refractivity contribution is -0.144. The van der Waals surface area contributed by atoms with Crippen LogP contribution in [0.5, 0.6) is 0 Å². The van der Waals surface area contributed by atoms with Crippen LogP contribution in [0.4, 0.5) is 5.69 Å². The molecule has 0 aliphatic heterocycles. The van der Waals surface area contributed by atoms with Crippen molar-refractivity contribution in [3.05, 3.63) is 29.8 Å². The third-order valence-corrected chi connectivity index (χ3v) is 6.64. The van der Waals surface area contributed by atoms with E-state index in [0.29, 0.717) is 18.4 Å². The quantitative estimate of drug-likeness (QED) is 0.801.